The molecule has 0 aliphatic rings. The highest BCUT2D eigenvalue weighted by Gasteiger charge is 2.16. The number of allylic oxidation sites excluding steroid dienone is 3. The van der Waals surface area contributed by atoms with E-state index < -0.39 is 0 Å². The van der Waals surface area contributed by atoms with Gasteiger partial charge in [-0.1, -0.05) is 17.7 Å². The molecule has 0 saturated heterocycles. The van der Waals surface area contributed by atoms with E-state index in [4.69, 9.17) is 4.74 Å². The molecule has 1 rings (SSSR count). The molecule has 0 aliphatic heterocycles. The molecule has 1 aromatic rings. The lowest BCUT2D eigenvalue weighted by Gasteiger charge is -2.15. The normalized spacial score (nSPS) is 9.94. The van der Waals surface area contributed by atoms with Crippen molar-refractivity contribution < 1.29 is 14.9 Å². The molecule has 2 N–H and O–H groups in total. The first kappa shape index (κ1) is 14.2. The van der Waals surface area contributed by atoms with Gasteiger partial charge in [-0.3, -0.25) is 0 Å². The van der Waals surface area contributed by atoms with Crippen molar-refractivity contribution in [2.75, 3.05) is 7.11 Å². The van der Waals surface area contributed by atoms with Crippen molar-refractivity contribution in [1.29, 1.82) is 0 Å². The van der Waals surface area contributed by atoms with E-state index in [2.05, 4.69) is 12.7 Å². The van der Waals surface area contributed by atoms with Gasteiger partial charge in [-0.05, 0) is 38.3 Å². The smallest absolute Gasteiger partial charge is 0.200 e. The molecule has 18 heavy (non-hydrogen) atoms. The van der Waals surface area contributed by atoms with E-state index in [-0.39, 0.29) is 11.5 Å². The highest BCUT2D eigenvalue weighted by molar-refractivity contribution is 5.58. The lowest BCUT2D eigenvalue weighted by Crippen LogP contribution is -1.98. The van der Waals surface area contributed by atoms with Gasteiger partial charge < -0.3 is 14.9 Å². The summed E-state index contributed by atoms with van der Waals surface area (Å²) in [4.78, 5) is 0. The van der Waals surface area contributed by atoms with Crippen LogP contribution in [0, 0.1) is 0 Å². The van der Waals surface area contributed by atoms with Crippen LogP contribution in [0.3, 0.4) is 0 Å². The topological polar surface area (TPSA) is 49.7 Å². The van der Waals surface area contributed by atoms with Crippen LogP contribution in [-0.2, 0) is 12.8 Å². The van der Waals surface area contributed by atoms with Crippen molar-refractivity contribution in [3.8, 4) is 17.2 Å². The fourth-order valence-corrected chi connectivity index (χ4v) is 1.81. The van der Waals surface area contributed by atoms with Crippen molar-refractivity contribution in [3.05, 3.63) is 41.5 Å². The third-order valence-electron chi connectivity index (χ3n) is 2.71. The molecular formula is C15H20O3. The largest absolute Gasteiger partial charge is 0.504 e. The van der Waals surface area contributed by atoms with Crippen LogP contribution >= 0.6 is 0 Å². The molecule has 0 unspecified atom stereocenters. The number of hydrogen-bond acceptors (Lipinski definition) is 3. The van der Waals surface area contributed by atoms with E-state index in [0.29, 0.717) is 18.6 Å². The van der Waals surface area contributed by atoms with Gasteiger partial charge >= 0.3 is 0 Å². The number of benzene rings is 1. The van der Waals surface area contributed by atoms with E-state index in [1.165, 1.54) is 12.7 Å². The first-order chi connectivity index (χ1) is 8.51. The second-order valence-corrected chi connectivity index (χ2v) is 4.39. The first-order valence-electron chi connectivity index (χ1n) is 5.86. The number of methoxy groups -OCH3 is 1. The van der Waals surface area contributed by atoms with Gasteiger partial charge in [0.2, 0.25) is 5.75 Å². The fraction of sp³-hybridized carbons (Fsp3) is 0.333. The van der Waals surface area contributed by atoms with Gasteiger partial charge in [-0.15, -0.1) is 6.58 Å². The SMILES string of the molecule is C=CCc1cc(O)c(O)c(OC)c1CC=C(C)C. The Balaban J connectivity index is 3.36. The second kappa shape index (κ2) is 6.15. The fourth-order valence-electron chi connectivity index (χ4n) is 1.81. The van der Waals surface area contributed by atoms with Gasteiger partial charge in [-0.25, -0.2) is 0 Å². The van der Waals surface area contributed by atoms with Crippen molar-refractivity contribution in [3.63, 3.8) is 0 Å². The second-order valence-electron chi connectivity index (χ2n) is 4.39. The molecule has 0 spiro atoms. The molecule has 0 saturated carbocycles. The monoisotopic (exact) mass is 248 g/mol. The van der Waals surface area contributed by atoms with E-state index >= 15 is 0 Å². The van der Waals surface area contributed by atoms with Crippen molar-refractivity contribution >= 4 is 0 Å². The minimum absolute atomic E-state index is 0.162. The summed E-state index contributed by atoms with van der Waals surface area (Å²) in [5, 5.41) is 19.5. The number of phenols is 2. The summed E-state index contributed by atoms with van der Waals surface area (Å²) >= 11 is 0. The van der Waals surface area contributed by atoms with Crippen LogP contribution in [0.5, 0.6) is 17.2 Å². The highest BCUT2D eigenvalue weighted by atomic mass is 16.5. The summed E-state index contributed by atoms with van der Waals surface area (Å²) in [6.45, 7) is 7.73. The number of rotatable bonds is 5. The summed E-state index contributed by atoms with van der Waals surface area (Å²) < 4.78 is 5.20. The van der Waals surface area contributed by atoms with E-state index in [9.17, 15) is 10.2 Å². The lowest BCUT2D eigenvalue weighted by atomic mass is 9.98. The summed E-state index contributed by atoms with van der Waals surface area (Å²) in [7, 11) is 1.48. The molecule has 0 aliphatic carbocycles. The summed E-state index contributed by atoms with van der Waals surface area (Å²) in [6.07, 6.45) is 5.09. The van der Waals surface area contributed by atoms with E-state index in [0.717, 1.165) is 11.1 Å². The standard InChI is InChI=1S/C15H20O3/c1-5-6-11-9-13(16)14(17)15(18-4)12(11)8-7-10(2)3/h5,7,9,16-17H,1,6,8H2,2-4H3. The lowest BCUT2D eigenvalue weighted by molar-refractivity contribution is 0.347. The number of hydrogen-bond donors (Lipinski definition) is 2. The number of phenolic OH excluding ortho intramolecular Hbond substituents is 2. The number of ether oxygens (including phenoxy) is 1. The molecule has 3 nitrogen and oxygen atoms in total. The molecule has 0 fully saturated rings. The third kappa shape index (κ3) is 3.06. The molecule has 3 heteroatoms. The summed E-state index contributed by atoms with van der Waals surface area (Å²) in [5.74, 6) is -0.0310. The van der Waals surface area contributed by atoms with Gasteiger partial charge in [0.15, 0.2) is 11.5 Å². The zero-order valence-corrected chi connectivity index (χ0v) is 11.2. The molecule has 0 radical (unpaired) electrons. The Bertz CT molecular complexity index is 469. The van der Waals surface area contributed by atoms with Crippen molar-refractivity contribution in [2.45, 2.75) is 26.7 Å². The Morgan fingerprint density at radius 3 is 2.50 bits per heavy atom. The van der Waals surface area contributed by atoms with Crippen LogP contribution in [0.15, 0.2) is 30.4 Å². The zero-order chi connectivity index (χ0) is 13.7. The maximum absolute atomic E-state index is 9.81. The van der Waals surface area contributed by atoms with Gasteiger partial charge in [0.05, 0.1) is 7.11 Å². The molecule has 0 bridgehead atoms. The van der Waals surface area contributed by atoms with Gasteiger partial charge in [0, 0.05) is 5.56 Å². The summed E-state index contributed by atoms with van der Waals surface area (Å²) in [5.41, 5.74) is 2.98. The van der Waals surface area contributed by atoms with Crippen LogP contribution in [0.2, 0.25) is 0 Å². The Hall–Kier alpha value is -1.90. The Morgan fingerprint density at radius 2 is 2.00 bits per heavy atom. The minimum atomic E-state index is -0.206. The van der Waals surface area contributed by atoms with Gasteiger partial charge in [0.1, 0.15) is 0 Å². The quantitative estimate of drug-likeness (QED) is 0.620. The zero-order valence-electron chi connectivity index (χ0n) is 11.2. The van der Waals surface area contributed by atoms with E-state index in [1.54, 1.807) is 12.1 Å². The Labute approximate surface area is 108 Å². The molecule has 1 aromatic carbocycles. The maximum atomic E-state index is 9.81. The predicted molar refractivity (Wildman–Crippen MR) is 73.4 cm³/mol. The van der Waals surface area contributed by atoms with Crippen LogP contribution in [0.1, 0.15) is 25.0 Å². The van der Waals surface area contributed by atoms with E-state index in [1.807, 2.05) is 13.8 Å². The first-order valence-corrected chi connectivity index (χ1v) is 5.86. The average Bonchev–Trinajstić information content (AvgIpc) is 2.31. The van der Waals surface area contributed by atoms with Crippen LogP contribution in [-0.4, -0.2) is 17.3 Å². The maximum Gasteiger partial charge on any atom is 0.200 e. The molecular weight excluding hydrogens is 228 g/mol. The molecule has 98 valence electrons. The molecule has 0 aromatic heterocycles. The van der Waals surface area contributed by atoms with Gasteiger partial charge in [0.25, 0.3) is 0 Å². The minimum Gasteiger partial charge on any atom is -0.504 e. The third-order valence-corrected chi connectivity index (χ3v) is 2.71. The molecule has 0 heterocycles. The Morgan fingerprint density at radius 1 is 1.33 bits per heavy atom. The van der Waals surface area contributed by atoms with Crippen molar-refractivity contribution in [2.24, 2.45) is 0 Å². The number of aromatic hydroxyl groups is 2. The van der Waals surface area contributed by atoms with Crippen LogP contribution in [0.4, 0.5) is 0 Å². The highest BCUT2D eigenvalue weighted by Crippen LogP contribution is 2.41. The molecule has 0 amide bonds. The van der Waals surface area contributed by atoms with Crippen LogP contribution in [0.25, 0.3) is 0 Å². The van der Waals surface area contributed by atoms with Gasteiger partial charge in [-0.2, -0.15) is 0 Å². The molecule has 0 atom stereocenters. The summed E-state index contributed by atoms with van der Waals surface area (Å²) in [6, 6.07) is 1.56. The van der Waals surface area contributed by atoms with Crippen LogP contribution < -0.4 is 4.74 Å². The Kier molecular flexibility index (Phi) is 4.84. The predicted octanol–water partition coefficient (Wildman–Crippen LogP) is 3.34. The average molecular weight is 248 g/mol. The van der Waals surface area contributed by atoms with Crippen molar-refractivity contribution in [1.82, 2.24) is 0 Å².